The number of benzene rings is 1. The zero-order chi connectivity index (χ0) is 16.4. The Kier molecular flexibility index (Phi) is 4.52. The number of carbonyl (C=O) groups is 2. The molecule has 2 aliphatic heterocycles. The van der Waals surface area contributed by atoms with Crippen molar-refractivity contribution in [2.45, 2.75) is 19.8 Å². The van der Waals surface area contributed by atoms with Crippen molar-refractivity contribution in [2.24, 2.45) is 4.99 Å². The van der Waals surface area contributed by atoms with Crippen LogP contribution in [0.1, 0.15) is 25.3 Å². The summed E-state index contributed by atoms with van der Waals surface area (Å²) in [6.07, 6.45) is 1.68. The van der Waals surface area contributed by atoms with Crippen LogP contribution < -0.4 is 10.2 Å². The number of hydrogen-bond donors (Lipinski definition) is 1. The van der Waals surface area contributed by atoms with Crippen molar-refractivity contribution < 1.29 is 9.59 Å². The lowest BCUT2D eigenvalue weighted by Gasteiger charge is -2.39. The Morgan fingerprint density at radius 1 is 1.43 bits per heavy atom. The Labute approximate surface area is 140 Å². The molecule has 0 aliphatic carbocycles. The van der Waals surface area contributed by atoms with Gasteiger partial charge in [0.1, 0.15) is 12.4 Å². The summed E-state index contributed by atoms with van der Waals surface area (Å²) in [5.41, 5.74) is 1.49. The normalized spacial score (nSPS) is 16.6. The molecule has 0 unspecified atom stereocenters. The largest absolute Gasteiger partial charge is 0.355 e. The summed E-state index contributed by atoms with van der Waals surface area (Å²) in [6.45, 7) is 3.89. The van der Waals surface area contributed by atoms with E-state index in [-0.39, 0.29) is 18.5 Å². The van der Waals surface area contributed by atoms with Gasteiger partial charge in [0.2, 0.25) is 5.91 Å². The number of amides is 3. The molecule has 0 aromatic heterocycles. The molecule has 7 heteroatoms. The molecule has 0 radical (unpaired) electrons. The molecule has 1 aromatic carbocycles. The summed E-state index contributed by atoms with van der Waals surface area (Å²) in [5.74, 6) is 0.502. The smallest absolute Gasteiger partial charge is 0.330 e. The van der Waals surface area contributed by atoms with Crippen LogP contribution in [0.5, 0.6) is 0 Å². The summed E-state index contributed by atoms with van der Waals surface area (Å²) in [7, 11) is 0. The number of rotatable bonds is 4. The SMILES string of the molecule is CCCNC(=O)CN1C(=O)N2CCCN=C2c2ccc(Cl)cc21. The van der Waals surface area contributed by atoms with Crippen LogP contribution in [-0.2, 0) is 4.79 Å². The number of fused-ring (bicyclic) bond motifs is 3. The van der Waals surface area contributed by atoms with Crippen LogP contribution >= 0.6 is 11.6 Å². The van der Waals surface area contributed by atoms with E-state index in [0.29, 0.717) is 36.2 Å². The predicted molar refractivity (Wildman–Crippen MR) is 90.2 cm³/mol. The van der Waals surface area contributed by atoms with Gasteiger partial charge in [0, 0.05) is 30.2 Å². The van der Waals surface area contributed by atoms with Gasteiger partial charge in [0.05, 0.1) is 5.69 Å². The van der Waals surface area contributed by atoms with Gasteiger partial charge in [-0.05, 0) is 31.0 Å². The molecule has 0 atom stereocenters. The topological polar surface area (TPSA) is 65.0 Å². The van der Waals surface area contributed by atoms with E-state index < -0.39 is 0 Å². The summed E-state index contributed by atoms with van der Waals surface area (Å²) in [6, 6.07) is 5.14. The number of nitrogens with one attached hydrogen (secondary N) is 1. The van der Waals surface area contributed by atoms with Crippen molar-refractivity contribution in [3.05, 3.63) is 28.8 Å². The lowest BCUT2D eigenvalue weighted by Crippen LogP contribution is -2.55. The predicted octanol–water partition coefficient (Wildman–Crippen LogP) is 2.26. The van der Waals surface area contributed by atoms with Gasteiger partial charge in [-0.25, -0.2) is 4.79 Å². The third-order valence-corrected chi connectivity index (χ3v) is 4.12. The Balaban J connectivity index is 1.97. The van der Waals surface area contributed by atoms with Crippen molar-refractivity contribution in [1.29, 1.82) is 0 Å². The molecule has 1 N–H and O–H groups in total. The van der Waals surface area contributed by atoms with Crippen LogP contribution in [0.4, 0.5) is 10.5 Å². The van der Waals surface area contributed by atoms with Crippen LogP contribution in [-0.4, -0.2) is 48.9 Å². The lowest BCUT2D eigenvalue weighted by molar-refractivity contribution is -0.119. The molecule has 0 saturated heterocycles. The van der Waals surface area contributed by atoms with Crippen molar-refractivity contribution in [1.82, 2.24) is 10.2 Å². The van der Waals surface area contributed by atoms with E-state index in [4.69, 9.17) is 11.6 Å². The Hall–Kier alpha value is -2.08. The fraction of sp³-hybridized carbons (Fsp3) is 0.438. The van der Waals surface area contributed by atoms with E-state index in [1.165, 1.54) is 4.90 Å². The van der Waals surface area contributed by atoms with E-state index in [0.717, 1.165) is 18.4 Å². The molecule has 0 spiro atoms. The molecule has 1 aromatic rings. The summed E-state index contributed by atoms with van der Waals surface area (Å²) < 4.78 is 0. The van der Waals surface area contributed by atoms with Crippen molar-refractivity contribution in [2.75, 3.05) is 31.1 Å². The van der Waals surface area contributed by atoms with Crippen LogP contribution in [0.15, 0.2) is 23.2 Å². The van der Waals surface area contributed by atoms with Gasteiger partial charge in [0.15, 0.2) is 0 Å². The Morgan fingerprint density at radius 2 is 2.26 bits per heavy atom. The maximum Gasteiger partial charge on any atom is 0.330 e. The number of carbonyl (C=O) groups excluding carboxylic acids is 2. The molecule has 122 valence electrons. The first-order valence-corrected chi connectivity index (χ1v) is 8.19. The minimum absolute atomic E-state index is 0.0179. The van der Waals surface area contributed by atoms with E-state index in [1.807, 2.05) is 13.0 Å². The monoisotopic (exact) mass is 334 g/mol. The molecule has 0 bridgehead atoms. The number of urea groups is 1. The zero-order valence-electron chi connectivity index (χ0n) is 13.0. The van der Waals surface area contributed by atoms with E-state index in [1.54, 1.807) is 17.0 Å². The van der Waals surface area contributed by atoms with Crippen LogP contribution in [0.2, 0.25) is 5.02 Å². The highest BCUT2D eigenvalue weighted by atomic mass is 35.5. The number of hydrogen-bond acceptors (Lipinski definition) is 3. The molecule has 0 saturated carbocycles. The van der Waals surface area contributed by atoms with Crippen LogP contribution in [0, 0.1) is 0 Å². The average molecular weight is 335 g/mol. The molecule has 6 nitrogen and oxygen atoms in total. The van der Waals surface area contributed by atoms with Gasteiger partial charge in [-0.2, -0.15) is 0 Å². The maximum absolute atomic E-state index is 12.8. The molecular formula is C16H19ClN4O2. The number of nitrogens with zero attached hydrogens (tertiary/aromatic N) is 3. The fourth-order valence-electron chi connectivity index (χ4n) is 2.80. The van der Waals surface area contributed by atoms with Gasteiger partial charge in [-0.3, -0.25) is 19.6 Å². The number of halogens is 1. The lowest BCUT2D eigenvalue weighted by atomic mass is 10.1. The third kappa shape index (κ3) is 3.03. The zero-order valence-corrected chi connectivity index (χ0v) is 13.8. The highest BCUT2D eigenvalue weighted by Crippen LogP contribution is 2.32. The van der Waals surface area contributed by atoms with Crippen LogP contribution in [0.3, 0.4) is 0 Å². The summed E-state index contributed by atoms with van der Waals surface area (Å²) in [4.78, 5) is 32.5. The molecule has 3 rings (SSSR count). The van der Waals surface area contributed by atoms with E-state index >= 15 is 0 Å². The number of aliphatic imine (C=N–C) groups is 1. The highest BCUT2D eigenvalue weighted by Gasteiger charge is 2.37. The van der Waals surface area contributed by atoms with Crippen molar-refractivity contribution in [3.63, 3.8) is 0 Å². The highest BCUT2D eigenvalue weighted by molar-refractivity contribution is 6.31. The van der Waals surface area contributed by atoms with Gasteiger partial charge in [-0.1, -0.05) is 18.5 Å². The summed E-state index contributed by atoms with van der Waals surface area (Å²) in [5, 5.41) is 3.33. The van der Waals surface area contributed by atoms with Gasteiger partial charge in [-0.15, -0.1) is 0 Å². The van der Waals surface area contributed by atoms with E-state index in [9.17, 15) is 9.59 Å². The molecule has 3 amide bonds. The molecule has 23 heavy (non-hydrogen) atoms. The first kappa shape index (κ1) is 15.8. The minimum atomic E-state index is -0.218. The Bertz CT molecular complexity index is 674. The van der Waals surface area contributed by atoms with Crippen molar-refractivity contribution in [3.8, 4) is 0 Å². The van der Waals surface area contributed by atoms with Gasteiger partial charge < -0.3 is 5.32 Å². The number of amidine groups is 1. The second kappa shape index (κ2) is 6.58. The molecule has 2 aliphatic rings. The average Bonchev–Trinajstić information content (AvgIpc) is 2.56. The standard InChI is InChI=1S/C16H19ClN4O2/c1-2-6-18-14(22)10-21-13-9-11(17)4-5-12(13)15-19-7-3-8-20(15)16(21)23/h4-5,9H,2-3,6-8,10H2,1H3,(H,18,22). The molecular weight excluding hydrogens is 316 g/mol. The number of anilines is 1. The second-order valence-corrected chi connectivity index (χ2v) is 6.03. The first-order valence-electron chi connectivity index (χ1n) is 7.82. The molecule has 0 fully saturated rings. The van der Waals surface area contributed by atoms with E-state index in [2.05, 4.69) is 10.3 Å². The quantitative estimate of drug-likeness (QED) is 0.918. The minimum Gasteiger partial charge on any atom is -0.355 e. The fourth-order valence-corrected chi connectivity index (χ4v) is 2.97. The first-order chi connectivity index (χ1) is 11.1. The van der Waals surface area contributed by atoms with Crippen molar-refractivity contribution >= 4 is 35.1 Å². The van der Waals surface area contributed by atoms with Gasteiger partial charge >= 0.3 is 6.03 Å². The molecule has 2 heterocycles. The maximum atomic E-state index is 12.8. The summed E-state index contributed by atoms with van der Waals surface area (Å²) >= 11 is 6.09. The van der Waals surface area contributed by atoms with Crippen LogP contribution in [0.25, 0.3) is 0 Å². The Morgan fingerprint density at radius 3 is 3.04 bits per heavy atom. The third-order valence-electron chi connectivity index (χ3n) is 3.88. The second-order valence-electron chi connectivity index (χ2n) is 5.59. The van der Waals surface area contributed by atoms with Gasteiger partial charge in [0.25, 0.3) is 0 Å².